The summed E-state index contributed by atoms with van der Waals surface area (Å²) in [5, 5.41) is 13.1. The van der Waals surface area contributed by atoms with E-state index in [0.29, 0.717) is 0 Å². The Kier molecular flexibility index (Phi) is 5.32. The molecule has 1 N–H and O–H groups in total. The molecule has 0 aliphatic rings. The topological polar surface area (TPSA) is 50.9 Å². The largest absolute Gasteiger partial charge is 0.396 e. The maximum absolute atomic E-state index is 8.67. The Morgan fingerprint density at radius 2 is 1.93 bits per heavy atom. The van der Waals surface area contributed by atoms with Crippen LogP contribution in [0.2, 0.25) is 0 Å². The quantitative estimate of drug-likeness (QED) is 0.696. The second kappa shape index (κ2) is 6.56. The smallest absolute Gasteiger partial charge is 0.150 e. The third kappa shape index (κ3) is 3.63. The summed E-state index contributed by atoms with van der Waals surface area (Å²) in [5.41, 5.74) is 0. The van der Waals surface area contributed by atoms with Gasteiger partial charge in [-0.3, -0.25) is 0 Å². The number of aliphatic hydroxyl groups excluding tert-OH is 1. The molecule has 0 bridgehead atoms. The average Bonchev–Trinajstić information content (AvgIpc) is 2.67. The molecule has 4 heteroatoms. The number of aromatic nitrogens is 3. The van der Waals surface area contributed by atoms with Crippen molar-refractivity contribution in [2.45, 2.75) is 52.5 Å². The minimum absolute atomic E-state index is 0.290. The first-order valence-corrected chi connectivity index (χ1v) is 5.85. The number of unbranched alkanes of at least 4 members (excludes halogenated alkanes) is 2. The second-order valence-electron chi connectivity index (χ2n) is 3.66. The molecule has 0 spiro atoms. The van der Waals surface area contributed by atoms with Gasteiger partial charge < -0.3 is 5.11 Å². The summed E-state index contributed by atoms with van der Waals surface area (Å²) < 4.78 is 2.01. The van der Waals surface area contributed by atoms with Gasteiger partial charge in [0.15, 0.2) is 5.82 Å². The van der Waals surface area contributed by atoms with Crippen molar-refractivity contribution in [2.75, 3.05) is 6.61 Å². The lowest BCUT2D eigenvalue weighted by atomic mass is 10.2. The van der Waals surface area contributed by atoms with Crippen molar-refractivity contribution in [3.63, 3.8) is 0 Å². The Morgan fingerprint density at radius 1 is 1.13 bits per heavy atom. The van der Waals surface area contributed by atoms with Gasteiger partial charge in [-0.05, 0) is 19.3 Å². The van der Waals surface area contributed by atoms with Gasteiger partial charge in [0.1, 0.15) is 5.82 Å². The van der Waals surface area contributed by atoms with Crippen LogP contribution < -0.4 is 0 Å². The molecule has 1 aromatic heterocycles. The minimum atomic E-state index is 0.290. The van der Waals surface area contributed by atoms with Crippen LogP contribution in [0.25, 0.3) is 0 Å². The number of aliphatic hydroxyl groups is 1. The third-order valence-electron chi connectivity index (χ3n) is 2.45. The number of rotatable bonds is 7. The van der Waals surface area contributed by atoms with E-state index in [1.54, 1.807) is 0 Å². The van der Waals surface area contributed by atoms with Gasteiger partial charge in [-0.25, -0.2) is 9.67 Å². The van der Waals surface area contributed by atoms with E-state index in [4.69, 9.17) is 5.11 Å². The minimum Gasteiger partial charge on any atom is -0.396 e. The molecule has 0 aromatic carbocycles. The first kappa shape index (κ1) is 12.2. The standard InChI is InChI=1S/C11H21N3O/c1-3-10-12-11(4-2)14(13-10)8-6-5-7-9-15/h15H,3-9H2,1-2H3. The number of nitrogens with zero attached hydrogens (tertiary/aromatic N) is 3. The van der Waals surface area contributed by atoms with Crippen LogP contribution in [-0.2, 0) is 19.4 Å². The first-order chi connectivity index (χ1) is 7.31. The fourth-order valence-corrected chi connectivity index (χ4v) is 1.57. The van der Waals surface area contributed by atoms with E-state index in [0.717, 1.165) is 50.3 Å². The van der Waals surface area contributed by atoms with Crippen molar-refractivity contribution < 1.29 is 5.11 Å². The summed E-state index contributed by atoms with van der Waals surface area (Å²) in [5.74, 6) is 2.02. The van der Waals surface area contributed by atoms with Crippen LogP contribution >= 0.6 is 0 Å². The Bertz CT molecular complexity index is 283. The normalized spacial score (nSPS) is 10.9. The van der Waals surface area contributed by atoms with E-state index in [2.05, 4.69) is 23.9 Å². The molecule has 0 amide bonds. The first-order valence-electron chi connectivity index (χ1n) is 5.85. The van der Waals surface area contributed by atoms with Gasteiger partial charge >= 0.3 is 0 Å². The lowest BCUT2D eigenvalue weighted by Gasteiger charge is -2.03. The van der Waals surface area contributed by atoms with Crippen molar-refractivity contribution in [1.82, 2.24) is 14.8 Å². The van der Waals surface area contributed by atoms with E-state index < -0.39 is 0 Å². The van der Waals surface area contributed by atoms with Gasteiger partial charge in [0.2, 0.25) is 0 Å². The highest BCUT2D eigenvalue weighted by Gasteiger charge is 2.05. The summed E-state index contributed by atoms with van der Waals surface area (Å²) in [6.07, 6.45) is 4.85. The lowest BCUT2D eigenvalue weighted by molar-refractivity contribution is 0.281. The summed E-state index contributed by atoms with van der Waals surface area (Å²) in [6, 6.07) is 0. The third-order valence-corrected chi connectivity index (χ3v) is 2.45. The summed E-state index contributed by atoms with van der Waals surface area (Å²) >= 11 is 0. The van der Waals surface area contributed by atoms with Crippen LogP contribution in [0.4, 0.5) is 0 Å². The van der Waals surface area contributed by atoms with Crippen molar-refractivity contribution in [3.05, 3.63) is 11.6 Å². The molecule has 1 heterocycles. The van der Waals surface area contributed by atoms with E-state index in [-0.39, 0.29) is 6.61 Å². The van der Waals surface area contributed by atoms with Gasteiger partial charge in [-0.2, -0.15) is 5.10 Å². The molecular weight excluding hydrogens is 190 g/mol. The predicted molar refractivity (Wildman–Crippen MR) is 59.7 cm³/mol. The second-order valence-corrected chi connectivity index (χ2v) is 3.66. The highest BCUT2D eigenvalue weighted by atomic mass is 16.2. The summed E-state index contributed by atoms with van der Waals surface area (Å²) in [4.78, 5) is 4.45. The fraction of sp³-hybridized carbons (Fsp3) is 0.818. The van der Waals surface area contributed by atoms with Gasteiger partial charge in [0.05, 0.1) is 0 Å². The van der Waals surface area contributed by atoms with E-state index >= 15 is 0 Å². The number of aryl methyl sites for hydroxylation is 3. The van der Waals surface area contributed by atoms with Crippen LogP contribution in [0.3, 0.4) is 0 Å². The van der Waals surface area contributed by atoms with Crippen LogP contribution in [0.5, 0.6) is 0 Å². The zero-order valence-electron chi connectivity index (χ0n) is 9.74. The molecule has 0 saturated carbocycles. The van der Waals surface area contributed by atoms with Crippen LogP contribution in [-0.4, -0.2) is 26.5 Å². The molecule has 0 aliphatic heterocycles. The van der Waals surface area contributed by atoms with Gasteiger partial charge in [-0.15, -0.1) is 0 Å². The molecule has 15 heavy (non-hydrogen) atoms. The average molecular weight is 211 g/mol. The molecule has 0 aliphatic carbocycles. The molecule has 0 fully saturated rings. The van der Waals surface area contributed by atoms with Crippen LogP contribution in [0.1, 0.15) is 44.8 Å². The SMILES string of the molecule is CCc1nc(CC)n(CCCCCO)n1. The Balaban J connectivity index is 2.47. The zero-order valence-corrected chi connectivity index (χ0v) is 9.74. The van der Waals surface area contributed by atoms with E-state index in [9.17, 15) is 0 Å². The molecule has 0 saturated heterocycles. The fourth-order valence-electron chi connectivity index (χ4n) is 1.57. The molecule has 1 rings (SSSR count). The lowest BCUT2D eigenvalue weighted by Crippen LogP contribution is -2.05. The van der Waals surface area contributed by atoms with Gasteiger partial charge in [-0.1, -0.05) is 13.8 Å². The molecule has 0 unspecified atom stereocenters. The number of hydrogen-bond donors (Lipinski definition) is 1. The summed E-state index contributed by atoms with van der Waals surface area (Å²) in [6.45, 7) is 5.40. The molecule has 0 atom stereocenters. The van der Waals surface area contributed by atoms with Crippen molar-refractivity contribution in [3.8, 4) is 0 Å². The molecule has 1 aromatic rings. The van der Waals surface area contributed by atoms with Crippen LogP contribution in [0, 0.1) is 0 Å². The molecule has 4 nitrogen and oxygen atoms in total. The Hall–Kier alpha value is -0.900. The maximum Gasteiger partial charge on any atom is 0.150 e. The van der Waals surface area contributed by atoms with E-state index in [1.807, 2.05) is 4.68 Å². The highest BCUT2D eigenvalue weighted by Crippen LogP contribution is 2.04. The molecular formula is C11H21N3O. The Morgan fingerprint density at radius 3 is 2.53 bits per heavy atom. The van der Waals surface area contributed by atoms with E-state index in [1.165, 1.54) is 0 Å². The monoisotopic (exact) mass is 211 g/mol. The molecule has 0 radical (unpaired) electrons. The van der Waals surface area contributed by atoms with Gasteiger partial charge in [0, 0.05) is 26.0 Å². The molecule has 86 valence electrons. The highest BCUT2D eigenvalue weighted by molar-refractivity contribution is 4.92. The number of hydrogen-bond acceptors (Lipinski definition) is 3. The summed E-state index contributed by atoms with van der Waals surface area (Å²) in [7, 11) is 0. The van der Waals surface area contributed by atoms with Crippen LogP contribution in [0.15, 0.2) is 0 Å². The van der Waals surface area contributed by atoms with Crippen molar-refractivity contribution >= 4 is 0 Å². The zero-order chi connectivity index (χ0) is 11.1. The van der Waals surface area contributed by atoms with Crippen molar-refractivity contribution in [2.24, 2.45) is 0 Å². The Labute approximate surface area is 91.3 Å². The predicted octanol–water partition coefficient (Wildman–Crippen LogP) is 1.57. The van der Waals surface area contributed by atoms with Gasteiger partial charge in [0.25, 0.3) is 0 Å². The van der Waals surface area contributed by atoms with Crippen molar-refractivity contribution in [1.29, 1.82) is 0 Å². The maximum atomic E-state index is 8.67.